The van der Waals surface area contributed by atoms with Crippen LogP contribution < -0.4 is 0 Å². The summed E-state index contributed by atoms with van der Waals surface area (Å²) in [6.45, 7) is 2.14. The average molecular weight is 221 g/mol. The summed E-state index contributed by atoms with van der Waals surface area (Å²) < 4.78 is 0. The molecule has 90 valence electrons. The van der Waals surface area contributed by atoms with Crippen molar-refractivity contribution in [2.45, 2.75) is 12.8 Å². The molecule has 3 heteroatoms. The van der Waals surface area contributed by atoms with Crippen molar-refractivity contribution in [1.29, 1.82) is 0 Å². The average Bonchev–Trinajstić information content (AvgIpc) is 2.25. The lowest BCUT2D eigenvalue weighted by Gasteiger charge is -2.10. The first-order valence-corrected chi connectivity index (χ1v) is 5.81. The van der Waals surface area contributed by atoms with E-state index in [1.54, 1.807) is 0 Å². The number of hydrogen-bond acceptors (Lipinski definition) is 3. The lowest BCUT2D eigenvalue weighted by molar-refractivity contribution is 0.410. The van der Waals surface area contributed by atoms with Crippen LogP contribution in [0.1, 0.15) is 11.3 Å². The van der Waals surface area contributed by atoms with Crippen LogP contribution in [0.15, 0.2) is 18.3 Å². The van der Waals surface area contributed by atoms with E-state index in [0.717, 1.165) is 25.9 Å². The van der Waals surface area contributed by atoms with Gasteiger partial charge >= 0.3 is 0 Å². The Balaban J connectivity index is 2.41. The normalized spacial score (nSPS) is 11.4. The van der Waals surface area contributed by atoms with E-state index in [2.05, 4.69) is 55.1 Å². The van der Waals surface area contributed by atoms with Gasteiger partial charge in [0.05, 0.1) is 0 Å². The Hall–Kier alpha value is -0.930. The van der Waals surface area contributed by atoms with E-state index in [0.29, 0.717) is 0 Å². The molecule has 0 N–H and O–H groups in total. The summed E-state index contributed by atoms with van der Waals surface area (Å²) in [4.78, 5) is 8.86. The highest BCUT2D eigenvalue weighted by Crippen LogP contribution is 2.03. The van der Waals surface area contributed by atoms with Gasteiger partial charge in [0.1, 0.15) is 0 Å². The molecule has 0 bridgehead atoms. The lowest BCUT2D eigenvalue weighted by Crippen LogP contribution is -2.16. The van der Waals surface area contributed by atoms with E-state index in [4.69, 9.17) is 0 Å². The van der Waals surface area contributed by atoms with Crippen molar-refractivity contribution in [3.05, 3.63) is 29.6 Å². The third kappa shape index (κ3) is 5.24. The molecule has 0 radical (unpaired) electrons. The van der Waals surface area contributed by atoms with Gasteiger partial charge < -0.3 is 9.80 Å². The first-order valence-electron chi connectivity index (χ1n) is 5.81. The Bertz CT molecular complexity index is 260. The number of hydrogen-bond donors (Lipinski definition) is 0. The Morgan fingerprint density at radius 3 is 2.06 bits per heavy atom. The second-order valence-corrected chi connectivity index (χ2v) is 4.76. The molecule has 0 aromatic carbocycles. The molecule has 0 aliphatic rings. The maximum absolute atomic E-state index is 4.48. The Morgan fingerprint density at radius 2 is 1.56 bits per heavy atom. The molecule has 3 nitrogen and oxygen atoms in total. The van der Waals surface area contributed by atoms with E-state index in [-0.39, 0.29) is 0 Å². The van der Waals surface area contributed by atoms with E-state index in [1.165, 1.54) is 11.3 Å². The molecule has 0 saturated heterocycles. The molecule has 0 spiro atoms. The van der Waals surface area contributed by atoms with E-state index in [9.17, 15) is 0 Å². The summed E-state index contributed by atoms with van der Waals surface area (Å²) in [6.07, 6.45) is 4.11. The van der Waals surface area contributed by atoms with Gasteiger partial charge in [-0.05, 0) is 46.2 Å². The minimum absolute atomic E-state index is 1.03. The van der Waals surface area contributed by atoms with Crippen molar-refractivity contribution in [2.24, 2.45) is 0 Å². The summed E-state index contributed by atoms with van der Waals surface area (Å²) in [5.41, 5.74) is 2.50. The van der Waals surface area contributed by atoms with Crippen LogP contribution in [0, 0.1) is 0 Å². The fraction of sp³-hybridized carbons (Fsp3) is 0.615. The van der Waals surface area contributed by atoms with Gasteiger partial charge in [0.25, 0.3) is 0 Å². The van der Waals surface area contributed by atoms with Crippen molar-refractivity contribution in [1.82, 2.24) is 14.8 Å². The molecule has 1 rings (SSSR count). The van der Waals surface area contributed by atoms with Crippen molar-refractivity contribution < 1.29 is 0 Å². The third-order valence-electron chi connectivity index (χ3n) is 2.55. The molecule has 16 heavy (non-hydrogen) atoms. The summed E-state index contributed by atoms with van der Waals surface area (Å²) in [7, 11) is 8.37. The van der Waals surface area contributed by atoms with Gasteiger partial charge in [0.15, 0.2) is 0 Å². The van der Waals surface area contributed by atoms with Crippen LogP contribution in [0.4, 0.5) is 0 Å². The van der Waals surface area contributed by atoms with Crippen LogP contribution in [-0.2, 0) is 12.8 Å². The first kappa shape index (κ1) is 13.1. The summed E-state index contributed by atoms with van der Waals surface area (Å²) in [6, 6.07) is 4.34. The monoisotopic (exact) mass is 221 g/mol. The smallest absolute Gasteiger partial charge is 0.0416 e. The fourth-order valence-corrected chi connectivity index (χ4v) is 1.44. The molecular weight excluding hydrogens is 198 g/mol. The van der Waals surface area contributed by atoms with E-state index >= 15 is 0 Å². The molecule has 0 saturated carbocycles. The summed E-state index contributed by atoms with van der Waals surface area (Å²) in [5, 5.41) is 0. The molecule has 0 unspecified atom stereocenters. The molecule has 0 aliphatic carbocycles. The van der Waals surface area contributed by atoms with Crippen LogP contribution in [0.2, 0.25) is 0 Å². The van der Waals surface area contributed by atoms with Gasteiger partial charge in [-0.1, -0.05) is 6.07 Å². The number of pyridine rings is 1. The second kappa shape index (κ2) is 6.61. The van der Waals surface area contributed by atoms with Gasteiger partial charge in [0.2, 0.25) is 0 Å². The molecule has 0 amide bonds. The standard InChI is InChI=1S/C13H23N3/c1-15(2)9-7-12-5-6-13(14-11-12)8-10-16(3)4/h5-6,11H,7-10H2,1-4H3. The highest BCUT2D eigenvalue weighted by molar-refractivity contribution is 5.14. The van der Waals surface area contributed by atoms with Crippen molar-refractivity contribution in [3.63, 3.8) is 0 Å². The van der Waals surface area contributed by atoms with Gasteiger partial charge in [-0.25, -0.2) is 0 Å². The van der Waals surface area contributed by atoms with Crippen molar-refractivity contribution in [2.75, 3.05) is 41.3 Å². The number of rotatable bonds is 6. The molecule has 1 aromatic heterocycles. The zero-order valence-electron chi connectivity index (χ0n) is 10.9. The fourth-order valence-electron chi connectivity index (χ4n) is 1.44. The number of aromatic nitrogens is 1. The molecule has 0 aliphatic heterocycles. The van der Waals surface area contributed by atoms with Crippen LogP contribution in [0.25, 0.3) is 0 Å². The van der Waals surface area contributed by atoms with Crippen LogP contribution in [0.3, 0.4) is 0 Å². The molecule has 0 fully saturated rings. The van der Waals surface area contributed by atoms with Crippen LogP contribution in [0.5, 0.6) is 0 Å². The maximum Gasteiger partial charge on any atom is 0.0416 e. The molecule has 1 heterocycles. The predicted octanol–water partition coefficient (Wildman–Crippen LogP) is 1.29. The Labute approximate surface area is 99.1 Å². The SMILES string of the molecule is CN(C)CCc1ccc(CCN(C)C)nc1. The van der Waals surface area contributed by atoms with E-state index in [1.807, 2.05) is 6.20 Å². The largest absolute Gasteiger partial charge is 0.309 e. The van der Waals surface area contributed by atoms with Crippen molar-refractivity contribution in [3.8, 4) is 0 Å². The minimum Gasteiger partial charge on any atom is -0.309 e. The zero-order valence-corrected chi connectivity index (χ0v) is 10.9. The topological polar surface area (TPSA) is 19.4 Å². The maximum atomic E-state index is 4.48. The summed E-state index contributed by atoms with van der Waals surface area (Å²) >= 11 is 0. The van der Waals surface area contributed by atoms with Gasteiger partial charge in [-0.15, -0.1) is 0 Å². The third-order valence-corrected chi connectivity index (χ3v) is 2.55. The first-order chi connectivity index (χ1) is 7.58. The Morgan fingerprint density at radius 1 is 0.938 bits per heavy atom. The predicted molar refractivity (Wildman–Crippen MR) is 68.8 cm³/mol. The second-order valence-electron chi connectivity index (χ2n) is 4.76. The lowest BCUT2D eigenvalue weighted by atomic mass is 10.1. The number of likely N-dealkylation sites (N-methyl/N-ethyl adjacent to an activating group) is 2. The summed E-state index contributed by atoms with van der Waals surface area (Å²) in [5.74, 6) is 0. The molecule has 0 atom stereocenters. The Kier molecular flexibility index (Phi) is 5.43. The van der Waals surface area contributed by atoms with Crippen LogP contribution >= 0.6 is 0 Å². The number of nitrogens with zero attached hydrogens (tertiary/aromatic N) is 3. The zero-order chi connectivity index (χ0) is 12.0. The molecule has 1 aromatic rings. The highest BCUT2D eigenvalue weighted by Gasteiger charge is 1.98. The molecular formula is C13H23N3. The van der Waals surface area contributed by atoms with E-state index < -0.39 is 0 Å². The van der Waals surface area contributed by atoms with Gasteiger partial charge in [-0.3, -0.25) is 4.98 Å². The highest BCUT2D eigenvalue weighted by atomic mass is 15.1. The quantitative estimate of drug-likeness (QED) is 0.721. The van der Waals surface area contributed by atoms with Crippen LogP contribution in [-0.4, -0.2) is 56.1 Å². The van der Waals surface area contributed by atoms with Gasteiger partial charge in [0, 0.05) is 31.4 Å². The van der Waals surface area contributed by atoms with Gasteiger partial charge in [-0.2, -0.15) is 0 Å². The minimum atomic E-state index is 1.03. The van der Waals surface area contributed by atoms with Crippen molar-refractivity contribution >= 4 is 0 Å².